The molecule has 2 fully saturated rings. The number of likely N-dealkylation sites (tertiary alicyclic amines) is 1. The van der Waals surface area contributed by atoms with Gasteiger partial charge in [0.2, 0.25) is 0 Å². The number of aliphatic hydroxyl groups is 1. The molecule has 1 saturated carbocycles. The van der Waals surface area contributed by atoms with E-state index >= 15 is 0 Å². The van der Waals surface area contributed by atoms with Gasteiger partial charge in [0.25, 0.3) is 11.8 Å². The van der Waals surface area contributed by atoms with Gasteiger partial charge in [-0.05, 0) is 62.8 Å². The van der Waals surface area contributed by atoms with Crippen LogP contribution in [-0.2, 0) is 6.42 Å². The minimum Gasteiger partial charge on any atom is -0.390 e. The van der Waals surface area contributed by atoms with E-state index in [1.807, 2.05) is 47.5 Å². The molecular weight excluding hydrogens is 484 g/mol. The largest absolute Gasteiger partial charge is 0.390 e. The third kappa shape index (κ3) is 6.44. The highest BCUT2D eigenvalue weighted by Gasteiger charge is 2.33. The van der Waals surface area contributed by atoms with Crippen molar-refractivity contribution in [1.82, 2.24) is 20.5 Å². The number of aliphatic hydroxyl groups excluding tert-OH is 1. The number of amides is 2. The molecule has 37 heavy (non-hydrogen) atoms. The highest BCUT2D eigenvalue weighted by atomic mass is 32.1. The highest BCUT2D eigenvalue weighted by molar-refractivity contribution is 7.09. The number of hydrogen-bond donors (Lipinski definition) is 3. The Morgan fingerprint density at radius 3 is 2.62 bits per heavy atom. The van der Waals surface area contributed by atoms with E-state index in [1.54, 1.807) is 35.6 Å². The normalized spacial score (nSPS) is 19.0. The third-order valence-electron chi connectivity index (χ3n) is 7.08. The van der Waals surface area contributed by atoms with Gasteiger partial charge in [-0.3, -0.25) is 9.59 Å². The standard InChI is InChI=1S/C29H34N4O3S/c1-19-18-37-28(31-19)25-11-6-14-33(25)29(36)22-10-5-9-21(16-22)27(35)32-24(15-20-7-3-2-4-8-20)26(34)17-30-23-12-13-23/h2-5,7-10,16,18,23-26,30,34H,6,11-15,17H2,1H3,(H,32,35)/t24-,25?,26+/m0/s1. The first-order valence-corrected chi connectivity index (χ1v) is 13.9. The zero-order chi connectivity index (χ0) is 25.8. The van der Waals surface area contributed by atoms with Crippen LogP contribution in [0.5, 0.6) is 0 Å². The summed E-state index contributed by atoms with van der Waals surface area (Å²) >= 11 is 1.59. The van der Waals surface area contributed by atoms with E-state index < -0.39 is 12.1 Å². The number of nitrogens with one attached hydrogen (secondary N) is 2. The lowest BCUT2D eigenvalue weighted by Gasteiger charge is -2.25. The average Bonchev–Trinajstić information content (AvgIpc) is 3.44. The van der Waals surface area contributed by atoms with Gasteiger partial charge in [-0.1, -0.05) is 36.4 Å². The molecule has 2 aromatic carbocycles. The number of hydrogen-bond acceptors (Lipinski definition) is 6. The van der Waals surface area contributed by atoms with Crippen molar-refractivity contribution in [3.05, 3.63) is 87.4 Å². The summed E-state index contributed by atoms with van der Waals surface area (Å²) in [5.74, 6) is -0.380. The number of carbonyl (C=O) groups is 2. The molecule has 1 aliphatic heterocycles. The van der Waals surface area contributed by atoms with Gasteiger partial charge in [0.15, 0.2) is 0 Å². The van der Waals surface area contributed by atoms with Gasteiger partial charge in [-0.25, -0.2) is 4.98 Å². The van der Waals surface area contributed by atoms with Crippen molar-refractivity contribution >= 4 is 23.2 Å². The fourth-order valence-corrected chi connectivity index (χ4v) is 5.81. The van der Waals surface area contributed by atoms with Crippen LogP contribution < -0.4 is 10.6 Å². The summed E-state index contributed by atoms with van der Waals surface area (Å²) in [7, 11) is 0. The lowest BCUT2D eigenvalue weighted by atomic mass is 10.00. The van der Waals surface area contributed by atoms with Gasteiger partial charge in [-0.2, -0.15) is 0 Å². The van der Waals surface area contributed by atoms with Crippen molar-refractivity contribution in [3.63, 3.8) is 0 Å². The minimum absolute atomic E-state index is 0.0203. The Hall–Kier alpha value is -3.07. The predicted molar refractivity (Wildman–Crippen MR) is 145 cm³/mol. The summed E-state index contributed by atoms with van der Waals surface area (Å²) in [6.07, 6.45) is 3.87. The van der Waals surface area contributed by atoms with E-state index in [2.05, 4.69) is 15.6 Å². The van der Waals surface area contributed by atoms with E-state index in [-0.39, 0.29) is 17.9 Å². The third-order valence-corrected chi connectivity index (χ3v) is 8.14. The second-order valence-corrected chi connectivity index (χ2v) is 11.0. The Morgan fingerprint density at radius 1 is 1.11 bits per heavy atom. The molecule has 194 valence electrons. The molecule has 7 nitrogen and oxygen atoms in total. The molecule has 3 atom stereocenters. The van der Waals surface area contributed by atoms with Gasteiger partial charge in [0.05, 0.1) is 18.2 Å². The second-order valence-electron chi connectivity index (χ2n) is 10.1. The molecule has 3 N–H and O–H groups in total. The Bertz CT molecular complexity index is 1230. The van der Waals surface area contributed by atoms with Crippen LogP contribution in [-0.4, -0.2) is 58.1 Å². The smallest absolute Gasteiger partial charge is 0.254 e. The molecule has 0 bridgehead atoms. The molecule has 1 aromatic heterocycles. The molecule has 2 heterocycles. The second kappa shape index (κ2) is 11.5. The number of rotatable bonds is 10. The first kappa shape index (κ1) is 25.6. The molecule has 0 spiro atoms. The summed E-state index contributed by atoms with van der Waals surface area (Å²) in [6.45, 7) is 3.07. The van der Waals surface area contributed by atoms with Crippen LogP contribution >= 0.6 is 11.3 Å². The number of aromatic nitrogens is 1. The van der Waals surface area contributed by atoms with Crippen molar-refractivity contribution in [2.75, 3.05) is 13.1 Å². The summed E-state index contributed by atoms with van der Waals surface area (Å²) in [5.41, 5.74) is 2.91. The molecular formula is C29H34N4O3S. The first-order valence-electron chi connectivity index (χ1n) is 13.1. The Morgan fingerprint density at radius 2 is 1.89 bits per heavy atom. The molecule has 2 aliphatic rings. The monoisotopic (exact) mass is 518 g/mol. The topological polar surface area (TPSA) is 94.6 Å². The van der Waals surface area contributed by atoms with Crippen molar-refractivity contribution in [2.24, 2.45) is 0 Å². The number of thiazole rings is 1. The van der Waals surface area contributed by atoms with Crippen LogP contribution in [0.1, 0.15) is 68.7 Å². The lowest BCUT2D eigenvalue weighted by molar-refractivity contribution is 0.0735. The summed E-state index contributed by atoms with van der Waals surface area (Å²) in [4.78, 5) is 33.3. The number of aryl methyl sites for hydroxylation is 1. The van der Waals surface area contributed by atoms with Gasteiger partial charge >= 0.3 is 0 Å². The fourth-order valence-electron chi connectivity index (χ4n) is 4.87. The average molecular weight is 519 g/mol. The van der Waals surface area contributed by atoms with Gasteiger partial charge in [-0.15, -0.1) is 11.3 Å². The summed E-state index contributed by atoms with van der Waals surface area (Å²) < 4.78 is 0. The SMILES string of the molecule is Cc1csc(C2CCCN2C(=O)c2cccc(C(=O)N[C@@H](Cc3ccccc3)[C@H](O)CNC3CC3)c2)n1. The van der Waals surface area contributed by atoms with Crippen LogP contribution in [0.2, 0.25) is 0 Å². The number of benzene rings is 2. The molecule has 3 aromatic rings. The Kier molecular flexibility index (Phi) is 7.98. The molecule has 1 unspecified atom stereocenters. The van der Waals surface area contributed by atoms with E-state index in [9.17, 15) is 14.7 Å². The first-order chi connectivity index (χ1) is 18.0. The zero-order valence-corrected chi connectivity index (χ0v) is 21.9. The van der Waals surface area contributed by atoms with Gasteiger partial charge in [0, 0.05) is 41.3 Å². The van der Waals surface area contributed by atoms with Gasteiger partial charge < -0.3 is 20.6 Å². The molecule has 1 saturated heterocycles. The Balaban J connectivity index is 1.29. The molecule has 2 amide bonds. The molecule has 1 aliphatic carbocycles. The maximum absolute atomic E-state index is 13.5. The molecule has 5 rings (SSSR count). The maximum Gasteiger partial charge on any atom is 0.254 e. The predicted octanol–water partition coefficient (Wildman–Crippen LogP) is 3.88. The van der Waals surface area contributed by atoms with Crippen molar-refractivity contribution < 1.29 is 14.7 Å². The molecule has 0 radical (unpaired) electrons. The van der Waals surface area contributed by atoms with E-state index in [1.165, 1.54) is 0 Å². The maximum atomic E-state index is 13.5. The van der Waals surface area contributed by atoms with Crippen molar-refractivity contribution in [3.8, 4) is 0 Å². The fraction of sp³-hybridized carbons (Fsp3) is 0.414. The highest BCUT2D eigenvalue weighted by Crippen LogP contribution is 2.34. The molecule has 8 heteroatoms. The van der Waals surface area contributed by atoms with Crippen LogP contribution in [0.25, 0.3) is 0 Å². The van der Waals surface area contributed by atoms with Crippen LogP contribution in [0.4, 0.5) is 0 Å². The van der Waals surface area contributed by atoms with Crippen LogP contribution in [0.15, 0.2) is 60.0 Å². The van der Waals surface area contributed by atoms with Crippen molar-refractivity contribution in [2.45, 2.75) is 63.3 Å². The summed E-state index contributed by atoms with van der Waals surface area (Å²) in [5, 5.41) is 20.3. The van der Waals surface area contributed by atoms with Gasteiger partial charge in [0.1, 0.15) is 5.01 Å². The summed E-state index contributed by atoms with van der Waals surface area (Å²) in [6, 6.07) is 16.7. The van der Waals surface area contributed by atoms with E-state index in [0.717, 1.165) is 41.9 Å². The van der Waals surface area contributed by atoms with Crippen LogP contribution in [0.3, 0.4) is 0 Å². The number of nitrogens with zero attached hydrogens (tertiary/aromatic N) is 2. The Labute approximate surface area is 221 Å². The lowest BCUT2D eigenvalue weighted by Crippen LogP contribution is -2.49. The quantitative estimate of drug-likeness (QED) is 0.379. The van der Waals surface area contributed by atoms with Crippen molar-refractivity contribution in [1.29, 1.82) is 0 Å². The van der Waals surface area contributed by atoms with E-state index in [0.29, 0.717) is 36.7 Å². The minimum atomic E-state index is -0.735. The number of carbonyl (C=O) groups excluding carboxylic acids is 2. The zero-order valence-electron chi connectivity index (χ0n) is 21.1. The van der Waals surface area contributed by atoms with Crippen LogP contribution in [0, 0.1) is 6.92 Å². The van der Waals surface area contributed by atoms with E-state index in [4.69, 9.17) is 0 Å².